The van der Waals surface area contributed by atoms with Gasteiger partial charge in [-0.25, -0.2) is 0 Å². The molecule has 3 heteroatoms. The van der Waals surface area contributed by atoms with E-state index in [9.17, 15) is 4.79 Å². The van der Waals surface area contributed by atoms with Crippen LogP contribution < -0.4 is 0 Å². The normalized spacial score (nSPS) is 12.8. The van der Waals surface area contributed by atoms with Crippen LogP contribution in [0.25, 0.3) is 0 Å². The fraction of sp³-hybridized carbons (Fsp3) is 0.850. The molecule has 2 nitrogen and oxygen atoms in total. The molecule has 0 saturated carbocycles. The second-order valence-electron chi connectivity index (χ2n) is 6.57. The van der Waals surface area contributed by atoms with Crippen molar-refractivity contribution in [2.24, 2.45) is 5.92 Å². The molecular weight excluding hydrogens is 304 g/mol. The van der Waals surface area contributed by atoms with E-state index in [-0.39, 0.29) is 5.92 Å². The van der Waals surface area contributed by atoms with E-state index >= 15 is 0 Å². The highest BCUT2D eigenvalue weighted by Gasteiger charge is 2.15. The summed E-state index contributed by atoms with van der Waals surface area (Å²) in [7, 11) is 0. The number of hydrogen-bond donors (Lipinski definition) is 2. The molecule has 0 aliphatic heterocycles. The molecule has 0 fully saturated rings. The zero-order valence-corrected chi connectivity index (χ0v) is 16.0. The van der Waals surface area contributed by atoms with Gasteiger partial charge in [0.2, 0.25) is 0 Å². The lowest BCUT2D eigenvalue weighted by Crippen LogP contribution is -2.14. The van der Waals surface area contributed by atoms with Crippen molar-refractivity contribution in [3.63, 3.8) is 0 Å². The molecular formula is C20H38O2S. The van der Waals surface area contributed by atoms with E-state index in [4.69, 9.17) is 5.11 Å². The van der Waals surface area contributed by atoms with Crippen LogP contribution in [0.15, 0.2) is 12.2 Å². The van der Waals surface area contributed by atoms with Crippen LogP contribution in [0.4, 0.5) is 0 Å². The van der Waals surface area contributed by atoms with Gasteiger partial charge in [0.25, 0.3) is 0 Å². The molecule has 0 aromatic heterocycles. The second kappa shape index (κ2) is 17.9. The molecule has 0 rings (SSSR count). The van der Waals surface area contributed by atoms with Crippen molar-refractivity contribution in [3.8, 4) is 0 Å². The molecule has 1 atom stereocenters. The zero-order chi connectivity index (χ0) is 17.2. The van der Waals surface area contributed by atoms with Gasteiger partial charge in [-0.05, 0) is 44.3 Å². The molecule has 0 spiro atoms. The van der Waals surface area contributed by atoms with E-state index in [1.54, 1.807) is 0 Å². The van der Waals surface area contributed by atoms with Crippen molar-refractivity contribution >= 4 is 18.6 Å². The Morgan fingerprint density at radius 3 is 1.91 bits per heavy atom. The largest absolute Gasteiger partial charge is 0.481 e. The van der Waals surface area contributed by atoms with Crippen molar-refractivity contribution < 1.29 is 9.90 Å². The van der Waals surface area contributed by atoms with Crippen molar-refractivity contribution in [3.05, 3.63) is 12.2 Å². The molecule has 136 valence electrons. The summed E-state index contributed by atoms with van der Waals surface area (Å²) in [5.74, 6) is -0.179. The van der Waals surface area contributed by atoms with Crippen molar-refractivity contribution in [1.29, 1.82) is 0 Å². The lowest BCUT2D eigenvalue weighted by Gasteiger charge is -2.10. The first-order valence-corrected chi connectivity index (χ1v) is 10.3. The summed E-state index contributed by atoms with van der Waals surface area (Å²) in [5.41, 5.74) is 0. The predicted octanol–water partition coefficient (Wildman–Crippen LogP) is 6.65. The number of carboxylic acid groups (broad SMARTS) is 1. The number of carboxylic acids is 1. The van der Waals surface area contributed by atoms with Gasteiger partial charge < -0.3 is 5.11 Å². The third-order valence-corrected chi connectivity index (χ3v) is 4.65. The van der Waals surface area contributed by atoms with Crippen LogP contribution in [0.3, 0.4) is 0 Å². The highest BCUT2D eigenvalue weighted by Crippen LogP contribution is 2.16. The Bertz CT molecular complexity index is 289. The molecule has 0 aromatic rings. The number of unbranched alkanes of at least 4 members (excludes halogenated alkanes) is 10. The van der Waals surface area contributed by atoms with E-state index in [0.29, 0.717) is 12.2 Å². The van der Waals surface area contributed by atoms with Crippen LogP contribution in [-0.2, 0) is 4.79 Å². The number of aliphatic carboxylic acids is 1. The summed E-state index contributed by atoms with van der Waals surface area (Å²) in [6.45, 7) is 2.26. The summed E-state index contributed by atoms with van der Waals surface area (Å²) in [6.07, 6.45) is 21.4. The maximum atomic E-state index is 11.0. The molecule has 0 bridgehead atoms. The lowest BCUT2D eigenvalue weighted by molar-refractivity contribution is -0.142. The second-order valence-corrected chi connectivity index (χ2v) is 7.01. The first kappa shape index (κ1) is 22.6. The number of thiol groups is 1. The van der Waals surface area contributed by atoms with Crippen LogP contribution in [-0.4, -0.2) is 16.8 Å². The lowest BCUT2D eigenvalue weighted by atomic mass is 9.98. The fourth-order valence-corrected chi connectivity index (χ4v) is 3.14. The molecule has 0 radical (unpaired) electrons. The Hall–Kier alpha value is -0.440. The van der Waals surface area contributed by atoms with Crippen molar-refractivity contribution in [1.82, 2.24) is 0 Å². The third kappa shape index (κ3) is 16.2. The van der Waals surface area contributed by atoms with Gasteiger partial charge in [0.1, 0.15) is 0 Å². The van der Waals surface area contributed by atoms with E-state index < -0.39 is 5.97 Å². The topological polar surface area (TPSA) is 37.3 Å². The highest BCUT2D eigenvalue weighted by molar-refractivity contribution is 7.80. The number of allylic oxidation sites excluding steroid dienone is 2. The highest BCUT2D eigenvalue weighted by atomic mass is 32.1. The van der Waals surface area contributed by atoms with Crippen LogP contribution in [0, 0.1) is 5.92 Å². The number of rotatable bonds is 17. The van der Waals surface area contributed by atoms with E-state index in [0.717, 1.165) is 19.3 Å². The van der Waals surface area contributed by atoms with Gasteiger partial charge in [-0.2, -0.15) is 12.6 Å². The minimum Gasteiger partial charge on any atom is -0.481 e. The minimum atomic E-state index is -0.656. The van der Waals surface area contributed by atoms with Crippen LogP contribution in [0.5, 0.6) is 0 Å². The molecule has 1 N–H and O–H groups in total. The first-order valence-electron chi connectivity index (χ1n) is 9.71. The van der Waals surface area contributed by atoms with E-state index in [1.165, 1.54) is 64.2 Å². The molecule has 0 aromatic carbocycles. The molecule has 1 unspecified atom stereocenters. The van der Waals surface area contributed by atoms with Crippen molar-refractivity contribution in [2.45, 2.75) is 96.8 Å². The van der Waals surface area contributed by atoms with Crippen molar-refractivity contribution in [2.75, 3.05) is 5.75 Å². The molecule has 0 heterocycles. The van der Waals surface area contributed by atoms with Crippen LogP contribution in [0.1, 0.15) is 96.8 Å². The standard InChI is InChI=1S/C20H38O2S/c1-2-3-4-5-6-7-8-9-10-11-12-13-14-15-16-19(17-18-23)20(21)22/h9-10,19,23H,2-8,11-18H2,1H3,(H,21,22). The van der Waals surface area contributed by atoms with E-state index in [1.807, 2.05) is 0 Å². The summed E-state index contributed by atoms with van der Waals surface area (Å²) >= 11 is 4.13. The predicted molar refractivity (Wildman–Crippen MR) is 104 cm³/mol. The first-order chi connectivity index (χ1) is 11.2. The fourth-order valence-electron chi connectivity index (χ4n) is 2.83. The molecule has 0 aliphatic rings. The Morgan fingerprint density at radius 1 is 0.870 bits per heavy atom. The summed E-state index contributed by atoms with van der Waals surface area (Å²) in [4.78, 5) is 11.0. The van der Waals surface area contributed by atoms with Gasteiger partial charge >= 0.3 is 5.97 Å². The average molecular weight is 343 g/mol. The van der Waals surface area contributed by atoms with E-state index in [2.05, 4.69) is 31.7 Å². The van der Waals surface area contributed by atoms with Gasteiger partial charge in [-0.3, -0.25) is 4.79 Å². The van der Waals surface area contributed by atoms with Gasteiger partial charge in [0.05, 0.1) is 5.92 Å². The quantitative estimate of drug-likeness (QED) is 0.176. The smallest absolute Gasteiger partial charge is 0.306 e. The van der Waals surface area contributed by atoms with Crippen LogP contribution in [0.2, 0.25) is 0 Å². The zero-order valence-electron chi connectivity index (χ0n) is 15.1. The van der Waals surface area contributed by atoms with Gasteiger partial charge in [0, 0.05) is 0 Å². The Morgan fingerprint density at radius 2 is 1.39 bits per heavy atom. The Labute approximate surface area is 149 Å². The van der Waals surface area contributed by atoms with Gasteiger partial charge in [0.15, 0.2) is 0 Å². The third-order valence-electron chi connectivity index (χ3n) is 4.39. The average Bonchev–Trinajstić information content (AvgIpc) is 2.54. The molecule has 0 saturated heterocycles. The maximum absolute atomic E-state index is 11.0. The summed E-state index contributed by atoms with van der Waals surface area (Å²) in [5, 5.41) is 9.07. The monoisotopic (exact) mass is 342 g/mol. The van der Waals surface area contributed by atoms with Gasteiger partial charge in [-0.1, -0.05) is 70.4 Å². The maximum Gasteiger partial charge on any atom is 0.306 e. The Balaban J connectivity index is 3.32. The number of hydrogen-bond acceptors (Lipinski definition) is 2. The minimum absolute atomic E-state index is 0.190. The summed E-state index contributed by atoms with van der Waals surface area (Å²) < 4.78 is 0. The molecule has 0 aliphatic carbocycles. The number of carbonyl (C=O) groups is 1. The van der Waals surface area contributed by atoms with Gasteiger partial charge in [-0.15, -0.1) is 0 Å². The van der Waals surface area contributed by atoms with Crippen LogP contribution >= 0.6 is 12.6 Å². The SMILES string of the molecule is CCCCCCCCC=CCCCCCCC(CCS)C(=O)O. The summed E-state index contributed by atoms with van der Waals surface area (Å²) in [6, 6.07) is 0. The Kier molecular flexibility index (Phi) is 17.6. The molecule has 0 amide bonds. The molecule has 23 heavy (non-hydrogen) atoms.